The van der Waals surface area contributed by atoms with Gasteiger partial charge in [0, 0.05) is 25.4 Å². The molecule has 2 unspecified atom stereocenters. The number of sulfonamides is 1. The molecule has 0 aliphatic carbocycles. The first-order valence-corrected chi connectivity index (χ1v) is 13.2. The van der Waals surface area contributed by atoms with Gasteiger partial charge in [0.05, 0.1) is 11.4 Å². The molecule has 8 heteroatoms. The van der Waals surface area contributed by atoms with Crippen molar-refractivity contribution in [3.8, 4) is 0 Å². The lowest BCUT2D eigenvalue weighted by Gasteiger charge is -2.52. The van der Waals surface area contributed by atoms with Gasteiger partial charge >= 0.3 is 0 Å². The van der Waals surface area contributed by atoms with Crippen LogP contribution in [-0.4, -0.2) is 65.7 Å². The summed E-state index contributed by atoms with van der Waals surface area (Å²) in [6, 6.07) is 12.4. The normalized spacial score (nSPS) is 21.8. The van der Waals surface area contributed by atoms with Gasteiger partial charge in [0.15, 0.2) is 0 Å². The molecule has 0 bridgehead atoms. The number of aryl methyl sites for hydroxylation is 3. The van der Waals surface area contributed by atoms with E-state index in [4.69, 9.17) is 0 Å². The lowest BCUT2D eigenvalue weighted by Crippen LogP contribution is -2.72. The fourth-order valence-electron chi connectivity index (χ4n) is 4.92. The molecule has 2 amide bonds. The standard InChI is InChI=1S/C26H33N3O4S/c1-17(2)27-16-24-28(34(32,33)23-14-19(4)6-9-20(23)5)13-12-25(30)29(24)22(26(27)31)15-21-10-7-18(3)8-11-21/h6-11,14,17,22,24H,12-13,15-16H2,1-5H3. The Bertz CT molecular complexity index is 1210. The van der Waals surface area contributed by atoms with Crippen molar-refractivity contribution in [2.75, 3.05) is 13.1 Å². The third kappa shape index (κ3) is 4.36. The summed E-state index contributed by atoms with van der Waals surface area (Å²) < 4.78 is 29.2. The number of piperazine rings is 1. The molecular weight excluding hydrogens is 450 g/mol. The molecular formula is C26H33N3O4S. The van der Waals surface area contributed by atoms with Crippen LogP contribution in [0.15, 0.2) is 47.4 Å². The number of carbonyl (C=O) groups excluding carboxylic acids is 2. The zero-order valence-corrected chi connectivity index (χ0v) is 21.3. The molecule has 0 spiro atoms. The first kappa shape index (κ1) is 24.4. The molecule has 0 radical (unpaired) electrons. The van der Waals surface area contributed by atoms with Crippen molar-refractivity contribution in [1.82, 2.24) is 14.1 Å². The number of hydrogen-bond donors (Lipinski definition) is 0. The maximum absolute atomic E-state index is 13.9. The second kappa shape index (κ2) is 9.15. The zero-order chi connectivity index (χ0) is 24.8. The minimum absolute atomic E-state index is 0.0555. The van der Waals surface area contributed by atoms with E-state index >= 15 is 0 Å². The van der Waals surface area contributed by atoms with Crippen LogP contribution in [0, 0.1) is 20.8 Å². The minimum Gasteiger partial charge on any atom is -0.335 e. The lowest BCUT2D eigenvalue weighted by atomic mass is 9.97. The molecule has 0 N–H and O–H groups in total. The van der Waals surface area contributed by atoms with Crippen molar-refractivity contribution in [3.05, 3.63) is 64.7 Å². The molecule has 2 aromatic rings. The Labute approximate surface area is 202 Å². The second-order valence-corrected chi connectivity index (χ2v) is 11.6. The van der Waals surface area contributed by atoms with E-state index < -0.39 is 22.2 Å². The summed E-state index contributed by atoms with van der Waals surface area (Å²) in [4.78, 5) is 30.2. The number of hydrogen-bond acceptors (Lipinski definition) is 4. The van der Waals surface area contributed by atoms with Gasteiger partial charge in [-0.2, -0.15) is 4.31 Å². The number of carbonyl (C=O) groups is 2. The van der Waals surface area contributed by atoms with Crippen LogP contribution >= 0.6 is 0 Å². The van der Waals surface area contributed by atoms with Crippen molar-refractivity contribution in [1.29, 1.82) is 0 Å². The van der Waals surface area contributed by atoms with E-state index in [0.717, 1.165) is 16.7 Å². The van der Waals surface area contributed by atoms with Crippen LogP contribution in [0.5, 0.6) is 0 Å². The largest absolute Gasteiger partial charge is 0.335 e. The van der Waals surface area contributed by atoms with Gasteiger partial charge in [-0.05, 0) is 57.4 Å². The van der Waals surface area contributed by atoms with Gasteiger partial charge in [-0.1, -0.05) is 42.0 Å². The van der Waals surface area contributed by atoms with Gasteiger partial charge in [-0.3, -0.25) is 9.59 Å². The predicted molar refractivity (Wildman–Crippen MR) is 131 cm³/mol. The number of fused-ring (bicyclic) bond motifs is 1. The van der Waals surface area contributed by atoms with Gasteiger partial charge in [-0.15, -0.1) is 0 Å². The molecule has 2 aliphatic heterocycles. The van der Waals surface area contributed by atoms with Crippen molar-refractivity contribution in [3.63, 3.8) is 0 Å². The fourth-order valence-corrected chi connectivity index (χ4v) is 6.80. The van der Waals surface area contributed by atoms with Gasteiger partial charge in [-0.25, -0.2) is 8.42 Å². The van der Waals surface area contributed by atoms with E-state index in [1.54, 1.807) is 24.0 Å². The second-order valence-electron chi connectivity index (χ2n) is 9.71. The van der Waals surface area contributed by atoms with E-state index in [1.165, 1.54) is 9.21 Å². The summed E-state index contributed by atoms with van der Waals surface area (Å²) in [7, 11) is -3.88. The van der Waals surface area contributed by atoms with E-state index in [1.807, 2.05) is 58.0 Å². The molecule has 2 heterocycles. The van der Waals surface area contributed by atoms with Gasteiger partial charge in [0.2, 0.25) is 21.8 Å². The van der Waals surface area contributed by atoms with Crippen LogP contribution in [0.4, 0.5) is 0 Å². The summed E-state index contributed by atoms with van der Waals surface area (Å²) in [5.41, 5.74) is 3.57. The van der Waals surface area contributed by atoms with Gasteiger partial charge in [0.25, 0.3) is 0 Å². The van der Waals surface area contributed by atoms with Crippen molar-refractivity contribution in [2.45, 2.75) is 70.6 Å². The van der Waals surface area contributed by atoms with E-state index in [9.17, 15) is 18.0 Å². The number of amides is 2. The molecule has 7 nitrogen and oxygen atoms in total. The maximum Gasteiger partial charge on any atom is 0.246 e. The summed E-state index contributed by atoms with van der Waals surface area (Å²) in [6.07, 6.45) is -0.330. The molecule has 2 atom stereocenters. The Morgan fingerprint density at radius 1 is 0.971 bits per heavy atom. The summed E-state index contributed by atoms with van der Waals surface area (Å²) >= 11 is 0. The highest BCUT2D eigenvalue weighted by Crippen LogP contribution is 2.33. The lowest BCUT2D eigenvalue weighted by molar-refractivity contribution is -0.166. The molecule has 182 valence electrons. The van der Waals surface area contributed by atoms with Crippen molar-refractivity contribution in [2.24, 2.45) is 0 Å². The number of benzene rings is 2. The first-order chi connectivity index (χ1) is 16.0. The molecule has 34 heavy (non-hydrogen) atoms. The van der Waals surface area contributed by atoms with E-state index in [-0.39, 0.29) is 42.3 Å². The highest BCUT2D eigenvalue weighted by atomic mass is 32.2. The van der Waals surface area contributed by atoms with Crippen molar-refractivity contribution < 1.29 is 18.0 Å². The third-order valence-corrected chi connectivity index (χ3v) is 8.89. The molecule has 2 fully saturated rings. The van der Waals surface area contributed by atoms with Gasteiger partial charge in [0.1, 0.15) is 12.2 Å². The van der Waals surface area contributed by atoms with Crippen LogP contribution in [0.1, 0.15) is 42.5 Å². The Morgan fingerprint density at radius 2 is 1.62 bits per heavy atom. The van der Waals surface area contributed by atoms with Crippen LogP contribution in [0.3, 0.4) is 0 Å². The van der Waals surface area contributed by atoms with Gasteiger partial charge < -0.3 is 9.80 Å². The SMILES string of the molecule is Cc1ccc(CC2C(=O)N(C(C)C)CC3N2C(=O)CCN3S(=O)(=O)c2cc(C)ccc2C)cc1. The summed E-state index contributed by atoms with van der Waals surface area (Å²) in [5.74, 6) is -0.308. The smallest absolute Gasteiger partial charge is 0.246 e. The Kier molecular flexibility index (Phi) is 6.57. The van der Waals surface area contributed by atoms with Crippen LogP contribution in [0.2, 0.25) is 0 Å². The average Bonchev–Trinajstić information content (AvgIpc) is 2.78. The van der Waals surface area contributed by atoms with Crippen LogP contribution in [-0.2, 0) is 26.0 Å². The maximum atomic E-state index is 13.9. The molecule has 2 aliphatic rings. The predicted octanol–water partition coefficient (Wildman–Crippen LogP) is 3.02. The Hall–Kier alpha value is -2.71. The van der Waals surface area contributed by atoms with E-state index in [0.29, 0.717) is 12.0 Å². The molecule has 0 aromatic heterocycles. The highest BCUT2D eigenvalue weighted by molar-refractivity contribution is 7.89. The minimum atomic E-state index is -3.88. The van der Waals surface area contributed by atoms with Crippen LogP contribution < -0.4 is 0 Å². The fraction of sp³-hybridized carbons (Fsp3) is 0.462. The summed E-state index contributed by atoms with van der Waals surface area (Å²) in [6.45, 7) is 9.75. The first-order valence-electron chi connectivity index (χ1n) is 11.8. The Morgan fingerprint density at radius 3 is 2.26 bits per heavy atom. The molecule has 0 saturated carbocycles. The molecule has 2 aromatic carbocycles. The average molecular weight is 484 g/mol. The van der Waals surface area contributed by atoms with Crippen molar-refractivity contribution >= 4 is 21.8 Å². The third-order valence-electron chi connectivity index (χ3n) is 6.85. The summed E-state index contributed by atoms with van der Waals surface area (Å²) in [5, 5.41) is 0. The number of nitrogens with zero attached hydrogens (tertiary/aromatic N) is 3. The highest BCUT2D eigenvalue weighted by Gasteiger charge is 2.51. The number of rotatable bonds is 5. The van der Waals surface area contributed by atoms with Crippen LogP contribution in [0.25, 0.3) is 0 Å². The zero-order valence-electron chi connectivity index (χ0n) is 20.5. The Balaban J connectivity index is 1.77. The molecule has 4 rings (SSSR count). The topological polar surface area (TPSA) is 78.0 Å². The quantitative estimate of drug-likeness (QED) is 0.655. The monoisotopic (exact) mass is 483 g/mol. The molecule has 2 saturated heterocycles. The van der Waals surface area contributed by atoms with E-state index in [2.05, 4.69) is 0 Å².